The van der Waals surface area contributed by atoms with Crippen molar-refractivity contribution in [1.29, 1.82) is 0 Å². The van der Waals surface area contributed by atoms with Crippen molar-refractivity contribution in [2.75, 3.05) is 38.5 Å². The van der Waals surface area contributed by atoms with Crippen LogP contribution < -0.4 is 5.32 Å². The molecule has 0 unspecified atom stereocenters. The number of hydrogen-bond donors (Lipinski definition) is 1. The molecule has 0 atom stereocenters. The van der Waals surface area contributed by atoms with Gasteiger partial charge in [0.15, 0.2) is 0 Å². The van der Waals surface area contributed by atoms with Gasteiger partial charge in [0.05, 0.1) is 16.9 Å². The number of nitrogens with one attached hydrogen (secondary N) is 1. The monoisotopic (exact) mass is 522 g/mol. The van der Waals surface area contributed by atoms with Gasteiger partial charge in [0.25, 0.3) is 0 Å². The number of nitrogens with zero attached hydrogens (tertiary/aromatic N) is 3. The second-order valence-electron chi connectivity index (χ2n) is 5.97. The third-order valence-electron chi connectivity index (χ3n) is 4.28. The van der Waals surface area contributed by atoms with Crippen molar-refractivity contribution in [2.45, 2.75) is 6.92 Å². The number of aliphatic imine (C=N–C) groups is 1. The van der Waals surface area contributed by atoms with E-state index >= 15 is 0 Å². The van der Waals surface area contributed by atoms with Crippen LogP contribution >= 0.6 is 11.3 Å². The Bertz CT molecular complexity index is 732. The van der Waals surface area contributed by atoms with Crippen molar-refractivity contribution in [3.8, 4) is 0 Å². The molecule has 1 aromatic heterocycles. The Morgan fingerprint density at radius 2 is 1.87 bits per heavy atom. The maximum absolute atomic E-state index is 5.01. The van der Waals surface area contributed by atoms with Gasteiger partial charge in [-0.25, -0.2) is 4.99 Å². The molecule has 2 aliphatic rings. The van der Waals surface area contributed by atoms with Crippen LogP contribution in [0.1, 0.15) is 10.4 Å². The van der Waals surface area contributed by atoms with Gasteiger partial charge in [0.2, 0.25) is 0 Å². The first kappa shape index (κ1) is 16.9. The Labute approximate surface area is 161 Å². The average Bonchev–Trinajstić information content (AvgIpc) is 2.80. The number of anilines is 2. The van der Waals surface area contributed by atoms with Crippen molar-refractivity contribution < 1.29 is 0 Å². The predicted octanol–water partition coefficient (Wildman–Crippen LogP) is 2.52. The first-order valence-electron chi connectivity index (χ1n) is 7.70. The molecule has 0 bridgehead atoms. The fourth-order valence-electron chi connectivity index (χ4n) is 3.01. The number of likely N-dealkylation sites (N-methyl/N-ethyl adjacent to an activating group) is 1. The Morgan fingerprint density at radius 1 is 1.13 bits per heavy atom. The molecular formula is C17H22N4PbS. The van der Waals surface area contributed by atoms with E-state index in [1.165, 1.54) is 15.4 Å². The zero-order valence-electron chi connectivity index (χ0n) is 13.7. The number of fused-ring (bicyclic) bond motifs is 2. The molecule has 3 heterocycles. The normalized spacial score (nSPS) is 17.3. The van der Waals surface area contributed by atoms with E-state index in [2.05, 4.69) is 59.4 Å². The van der Waals surface area contributed by atoms with Gasteiger partial charge in [-0.1, -0.05) is 12.1 Å². The molecule has 1 saturated heterocycles. The van der Waals surface area contributed by atoms with Crippen molar-refractivity contribution in [3.63, 3.8) is 0 Å². The van der Waals surface area contributed by atoms with Crippen LogP contribution in [0, 0.1) is 6.92 Å². The number of piperazine rings is 1. The predicted molar refractivity (Wildman–Crippen MR) is 103 cm³/mol. The summed E-state index contributed by atoms with van der Waals surface area (Å²) in [6, 6.07) is 10.6. The van der Waals surface area contributed by atoms with Crippen molar-refractivity contribution in [3.05, 3.63) is 40.8 Å². The van der Waals surface area contributed by atoms with Crippen LogP contribution in [0.4, 0.5) is 16.4 Å². The van der Waals surface area contributed by atoms with Crippen LogP contribution in [0.3, 0.4) is 0 Å². The van der Waals surface area contributed by atoms with Gasteiger partial charge in [-0.15, -0.1) is 11.3 Å². The average molecular weight is 522 g/mol. The van der Waals surface area contributed by atoms with Crippen molar-refractivity contribution in [1.82, 2.24) is 9.80 Å². The molecule has 2 radical (unpaired) electrons. The summed E-state index contributed by atoms with van der Waals surface area (Å²) < 4.78 is 0. The fraction of sp³-hybridized carbons (Fsp3) is 0.353. The van der Waals surface area contributed by atoms with Crippen LogP contribution in [0.25, 0.3) is 0 Å². The first-order valence-corrected chi connectivity index (χ1v) is 8.51. The number of hydrogen-bond acceptors (Lipinski definition) is 5. The summed E-state index contributed by atoms with van der Waals surface area (Å²) in [7, 11) is 2.18. The van der Waals surface area contributed by atoms with E-state index in [9.17, 15) is 0 Å². The van der Waals surface area contributed by atoms with Gasteiger partial charge in [0, 0.05) is 31.1 Å². The Balaban J connectivity index is 0.00000156. The molecule has 1 aromatic carbocycles. The Kier molecular flexibility index (Phi) is 5.08. The third-order valence-corrected chi connectivity index (χ3v) is 5.24. The van der Waals surface area contributed by atoms with E-state index in [4.69, 9.17) is 4.99 Å². The van der Waals surface area contributed by atoms with E-state index < -0.39 is 0 Å². The summed E-state index contributed by atoms with van der Waals surface area (Å²) in [4.78, 5) is 11.1. The molecule has 23 heavy (non-hydrogen) atoms. The summed E-state index contributed by atoms with van der Waals surface area (Å²) in [6.07, 6.45) is 0. The Hall–Kier alpha value is -0.928. The molecule has 0 aliphatic carbocycles. The quantitative estimate of drug-likeness (QED) is 0.541. The van der Waals surface area contributed by atoms with Crippen molar-refractivity contribution in [2.24, 2.45) is 4.99 Å². The summed E-state index contributed by atoms with van der Waals surface area (Å²) in [5, 5.41) is 4.78. The molecule has 0 saturated carbocycles. The molecule has 0 amide bonds. The van der Waals surface area contributed by atoms with Crippen molar-refractivity contribution >= 4 is 60.8 Å². The SMILES string of the molecule is Cc1cc2c(s1)Nc1ccccc1N=C2N1CCN(C)CC1.[PbH2]. The van der Waals surface area contributed by atoms with E-state index in [0.717, 1.165) is 43.4 Å². The van der Waals surface area contributed by atoms with Crippen LogP contribution in [0.15, 0.2) is 35.3 Å². The van der Waals surface area contributed by atoms with Crippen LogP contribution in [-0.2, 0) is 0 Å². The van der Waals surface area contributed by atoms with Gasteiger partial charge < -0.3 is 15.1 Å². The van der Waals surface area contributed by atoms with Gasteiger partial charge in [0.1, 0.15) is 10.8 Å². The number of aryl methyl sites for hydroxylation is 1. The van der Waals surface area contributed by atoms with Gasteiger partial charge in [-0.3, -0.25) is 0 Å². The second-order valence-corrected chi connectivity index (χ2v) is 7.22. The van der Waals surface area contributed by atoms with E-state index in [1.54, 1.807) is 11.3 Å². The minimum absolute atomic E-state index is 0. The molecular weight excluding hydrogens is 499 g/mol. The Morgan fingerprint density at radius 3 is 2.65 bits per heavy atom. The van der Waals surface area contributed by atoms with Gasteiger partial charge >= 0.3 is 27.3 Å². The molecule has 6 heteroatoms. The second kappa shape index (κ2) is 6.90. The standard InChI is InChI=1S/C17H20N4S.Pb.2H/c1-12-11-13-16(21-9-7-20(2)8-10-21)18-14-5-3-4-6-15(14)19-17(13)22-12;;;/h3-6,11,19H,7-10H2,1-2H3;;;. The van der Waals surface area contributed by atoms with Gasteiger partial charge in [-0.2, -0.15) is 0 Å². The minimum atomic E-state index is 0. The van der Waals surface area contributed by atoms with E-state index in [0.29, 0.717) is 0 Å². The summed E-state index contributed by atoms with van der Waals surface area (Å²) in [5.41, 5.74) is 3.36. The number of para-hydroxylation sites is 2. The van der Waals surface area contributed by atoms with Crippen LogP contribution in [0.2, 0.25) is 0 Å². The fourth-order valence-corrected chi connectivity index (χ4v) is 3.93. The molecule has 2 aliphatic heterocycles. The van der Waals surface area contributed by atoms with E-state index in [-0.39, 0.29) is 27.3 Å². The topological polar surface area (TPSA) is 30.9 Å². The van der Waals surface area contributed by atoms with E-state index in [1.807, 2.05) is 0 Å². The zero-order chi connectivity index (χ0) is 15.1. The van der Waals surface area contributed by atoms with Crippen LogP contribution in [0.5, 0.6) is 0 Å². The zero-order valence-corrected chi connectivity index (χ0v) is 20.0. The molecule has 2 aromatic rings. The number of benzene rings is 1. The number of thiophene rings is 1. The van der Waals surface area contributed by atoms with Crippen LogP contribution in [-0.4, -0.2) is 76.2 Å². The molecule has 0 spiro atoms. The number of rotatable bonds is 0. The van der Waals surface area contributed by atoms with Gasteiger partial charge in [-0.05, 0) is 32.2 Å². The maximum atomic E-state index is 5.01. The molecule has 1 N–H and O–H groups in total. The third kappa shape index (κ3) is 3.32. The molecule has 4 rings (SSSR count). The first-order chi connectivity index (χ1) is 10.7. The molecule has 1 fully saturated rings. The summed E-state index contributed by atoms with van der Waals surface area (Å²) >= 11 is 1.81. The summed E-state index contributed by atoms with van der Waals surface area (Å²) in [6.45, 7) is 6.41. The molecule has 120 valence electrons. The summed E-state index contributed by atoms with van der Waals surface area (Å²) in [5.74, 6) is 1.12. The number of amidine groups is 1. The molecule has 4 nitrogen and oxygen atoms in total.